The van der Waals surface area contributed by atoms with E-state index in [-0.39, 0.29) is 0 Å². The van der Waals surface area contributed by atoms with Gasteiger partial charge in [-0.3, -0.25) is 0 Å². The summed E-state index contributed by atoms with van der Waals surface area (Å²) in [6.45, 7) is 4.60. The zero-order valence-corrected chi connectivity index (χ0v) is 20.9. The van der Waals surface area contributed by atoms with Gasteiger partial charge in [0.2, 0.25) is 0 Å². The van der Waals surface area contributed by atoms with Crippen molar-refractivity contribution in [3.05, 3.63) is 59.7 Å². The molecule has 3 aromatic carbocycles. The molecule has 0 atom stereocenters. The molecule has 0 heterocycles. The van der Waals surface area contributed by atoms with Crippen LogP contribution in [0.4, 0.5) is 0 Å². The largest absolute Gasteiger partial charge is 0.0654 e. The van der Waals surface area contributed by atoms with E-state index in [0.29, 0.717) is 0 Å². The van der Waals surface area contributed by atoms with Gasteiger partial charge in [-0.1, -0.05) is 139 Å². The molecule has 0 unspecified atom stereocenters. The number of benzene rings is 3. The smallest absolute Gasteiger partial charge is 0.0102 e. The topological polar surface area (TPSA) is 0 Å². The minimum Gasteiger partial charge on any atom is -0.0654 e. The lowest BCUT2D eigenvalue weighted by atomic mass is 9.89. The Bertz CT molecular complexity index is 920. The van der Waals surface area contributed by atoms with Gasteiger partial charge in [0.25, 0.3) is 0 Å². The predicted octanol–water partition coefficient (Wildman–Crippen LogP) is 10.6. The monoisotopic (exact) mass is 430 g/mol. The van der Waals surface area contributed by atoms with Gasteiger partial charge in [-0.2, -0.15) is 0 Å². The van der Waals surface area contributed by atoms with Crippen molar-refractivity contribution >= 4 is 21.5 Å². The first-order valence-electron chi connectivity index (χ1n) is 13.8. The zero-order chi connectivity index (χ0) is 22.4. The van der Waals surface area contributed by atoms with Gasteiger partial charge in [0.15, 0.2) is 0 Å². The van der Waals surface area contributed by atoms with Crippen molar-refractivity contribution < 1.29 is 0 Å². The molecule has 32 heavy (non-hydrogen) atoms. The van der Waals surface area contributed by atoms with E-state index in [1.54, 1.807) is 11.1 Å². The molecule has 0 aliphatic rings. The van der Waals surface area contributed by atoms with Crippen LogP contribution < -0.4 is 0 Å². The standard InChI is InChI=1S/C32H46/c1-3-5-7-9-11-13-15-19-27-23-25-32-30-22-18-17-20-28(30)24-26-31(32)29(27)21-16-14-12-10-8-6-4-2/h17-18,20,22-26H,3-16,19,21H2,1-2H3. The van der Waals surface area contributed by atoms with Gasteiger partial charge in [-0.15, -0.1) is 0 Å². The van der Waals surface area contributed by atoms with Crippen LogP contribution in [0, 0.1) is 0 Å². The minimum absolute atomic E-state index is 1.25. The first-order valence-corrected chi connectivity index (χ1v) is 13.8. The molecule has 3 rings (SSSR count). The van der Waals surface area contributed by atoms with Crippen LogP contribution in [0.15, 0.2) is 48.5 Å². The molecule has 0 bridgehead atoms. The Kier molecular flexibility index (Phi) is 11.1. The number of hydrogen-bond acceptors (Lipinski definition) is 0. The number of fused-ring (bicyclic) bond motifs is 3. The van der Waals surface area contributed by atoms with Gasteiger partial charge in [0, 0.05) is 0 Å². The maximum absolute atomic E-state index is 2.46. The Morgan fingerprint density at radius 1 is 0.438 bits per heavy atom. The highest BCUT2D eigenvalue weighted by Gasteiger charge is 2.10. The van der Waals surface area contributed by atoms with E-state index >= 15 is 0 Å². The molecule has 0 fully saturated rings. The van der Waals surface area contributed by atoms with Crippen molar-refractivity contribution in [2.24, 2.45) is 0 Å². The zero-order valence-electron chi connectivity index (χ0n) is 20.9. The summed E-state index contributed by atoms with van der Waals surface area (Å²) in [5.74, 6) is 0. The summed E-state index contributed by atoms with van der Waals surface area (Å²) in [5, 5.41) is 5.73. The van der Waals surface area contributed by atoms with E-state index in [1.165, 1.54) is 124 Å². The molecule has 0 saturated carbocycles. The van der Waals surface area contributed by atoms with Crippen molar-refractivity contribution in [1.29, 1.82) is 0 Å². The van der Waals surface area contributed by atoms with Gasteiger partial charge in [0.1, 0.15) is 0 Å². The molecule has 0 aromatic heterocycles. The molecule has 3 aromatic rings. The SMILES string of the molecule is CCCCCCCCCc1ccc2c(ccc3ccccc32)c1CCCCCCCCC. The van der Waals surface area contributed by atoms with Crippen LogP contribution >= 0.6 is 0 Å². The molecular formula is C32H46. The normalized spacial score (nSPS) is 11.6. The molecular weight excluding hydrogens is 384 g/mol. The summed E-state index contributed by atoms with van der Waals surface area (Å²) < 4.78 is 0. The Morgan fingerprint density at radius 2 is 1.00 bits per heavy atom. The van der Waals surface area contributed by atoms with Crippen LogP contribution in [0.3, 0.4) is 0 Å². The van der Waals surface area contributed by atoms with Crippen LogP contribution in [0.5, 0.6) is 0 Å². The molecule has 0 aliphatic heterocycles. The van der Waals surface area contributed by atoms with Crippen LogP contribution in [-0.2, 0) is 12.8 Å². The van der Waals surface area contributed by atoms with Crippen LogP contribution in [-0.4, -0.2) is 0 Å². The highest BCUT2D eigenvalue weighted by atomic mass is 14.1. The highest BCUT2D eigenvalue weighted by molar-refractivity contribution is 6.08. The molecule has 0 radical (unpaired) electrons. The first-order chi connectivity index (χ1) is 15.8. The fourth-order valence-corrected chi connectivity index (χ4v) is 5.26. The second kappa shape index (κ2) is 14.4. The average molecular weight is 431 g/mol. The van der Waals surface area contributed by atoms with E-state index < -0.39 is 0 Å². The summed E-state index contributed by atoms with van der Waals surface area (Å²) in [6, 6.07) is 18.5. The number of rotatable bonds is 16. The quantitative estimate of drug-likeness (QED) is 0.156. The summed E-state index contributed by atoms with van der Waals surface area (Å²) in [6.07, 6.45) is 21.9. The molecule has 0 spiro atoms. The third-order valence-electron chi connectivity index (χ3n) is 7.21. The van der Waals surface area contributed by atoms with E-state index in [1.807, 2.05) is 0 Å². The van der Waals surface area contributed by atoms with Crippen molar-refractivity contribution in [3.8, 4) is 0 Å². The van der Waals surface area contributed by atoms with Gasteiger partial charge in [0.05, 0.1) is 0 Å². The van der Waals surface area contributed by atoms with Gasteiger partial charge in [-0.25, -0.2) is 0 Å². The summed E-state index contributed by atoms with van der Waals surface area (Å²) in [5.41, 5.74) is 3.26. The van der Waals surface area contributed by atoms with Crippen molar-refractivity contribution in [2.75, 3.05) is 0 Å². The predicted molar refractivity (Wildman–Crippen MR) is 145 cm³/mol. The molecule has 174 valence electrons. The lowest BCUT2D eigenvalue weighted by Gasteiger charge is -2.15. The Balaban J connectivity index is 1.68. The highest BCUT2D eigenvalue weighted by Crippen LogP contribution is 2.31. The van der Waals surface area contributed by atoms with Crippen LogP contribution in [0.2, 0.25) is 0 Å². The second-order valence-electron chi connectivity index (χ2n) is 9.83. The summed E-state index contributed by atoms with van der Waals surface area (Å²) in [4.78, 5) is 0. The first kappa shape index (κ1) is 24.8. The van der Waals surface area contributed by atoms with E-state index in [0.717, 1.165) is 0 Å². The molecule has 0 amide bonds. The molecule has 0 nitrogen and oxygen atoms in total. The number of hydrogen-bond donors (Lipinski definition) is 0. The number of unbranched alkanes of at least 4 members (excludes halogenated alkanes) is 12. The van der Waals surface area contributed by atoms with Gasteiger partial charge in [-0.05, 0) is 58.4 Å². The Morgan fingerprint density at radius 3 is 1.69 bits per heavy atom. The maximum Gasteiger partial charge on any atom is -0.0102 e. The molecule has 0 heteroatoms. The molecule has 0 N–H and O–H groups in total. The maximum atomic E-state index is 2.46. The van der Waals surface area contributed by atoms with Crippen molar-refractivity contribution in [1.82, 2.24) is 0 Å². The van der Waals surface area contributed by atoms with Crippen LogP contribution in [0.25, 0.3) is 21.5 Å². The third kappa shape index (κ3) is 7.36. The third-order valence-corrected chi connectivity index (χ3v) is 7.21. The summed E-state index contributed by atoms with van der Waals surface area (Å²) >= 11 is 0. The van der Waals surface area contributed by atoms with Gasteiger partial charge >= 0.3 is 0 Å². The second-order valence-corrected chi connectivity index (χ2v) is 9.83. The van der Waals surface area contributed by atoms with Crippen molar-refractivity contribution in [2.45, 2.75) is 117 Å². The fraction of sp³-hybridized carbons (Fsp3) is 0.562. The number of aryl methyl sites for hydroxylation is 2. The lowest BCUT2D eigenvalue weighted by molar-refractivity contribution is 0.583. The van der Waals surface area contributed by atoms with E-state index in [9.17, 15) is 0 Å². The van der Waals surface area contributed by atoms with Gasteiger partial charge < -0.3 is 0 Å². The van der Waals surface area contributed by atoms with Crippen molar-refractivity contribution in [3.63, 3.8) is 0 Å². The summed E-state index contributed by atoms with van der Waals surface area (Å²) in [7, 11) is 0. The average Bonchev–Trinajstić information content (AvgIpc) is 2.83. The van der Waals surface area contributed by atoms with E-state index in [4.69, 9.17) is 0 Å². The fourth-order valence-electron chi connectivity index (χ4n) is 5.26. The van der Waals surface area contributed by atoms with Crippen LogP contribution in [0.1, 0.15) is 115 Å². The minimum atomic E-state index is 1.25. The Labute approximate surface area is 197 Å². The lowest BCUT2D eigenvalue weighted by Crippen LogP contribution is -1.98. The molecule has 0 aliphatic carbocycles. The van der Waals surface area contributed by atoms with E-state index in [2.05, 4.69) is 62.4 Å². The molecule has 0 saturated heterocycles. The Hall–Kier alpha value is -1.82.